The van der Waals surface area contributed by atoms with Crippen LogP contribution in [0.4, 0.5) is 5.82 Å². The Morgan fingerprint density at radius 2 is 1.71 bits per heavy atom. The highest BCUT2D eigenvalue weighted by molar-refractivity contribution is 6.10. The molecule has 1 amide bonds. The summed E-state index contributed by atoms with van der Waals surface area (Å²) >= 11 is 0. The van der Waals surface area contributed by atoms with E-state index in [1.165, 1.54) is 4.90 Å². The Kier molecular flexibility index (Phi) is 5.88. The average Bonchev–Trinajstić information content (AvgIpc) is 3.25. The fourth-order valence-corrected chi connectivity index (χ4v) is 4.78. The Morgan fingerprint density at radius 1 is 0.921 bits per heavy atom. The SMILES string of the molecule is COc1cc(C2c3c(oc4ccccc4c3=O)C(=O)N2c2ccc(C)cn2)ccc1OCc1ccccc1. The fraction of sp³-hybridized carbons (Fsp3) is 0.129. The summed E-state index contributed by atoms with van der Waals surface area (Å²) in [5.74, 6) is 1.05. The van der Waals surface area contributed by atoms with Crippen molar-refractivity contribution in [2.45, 2.75) is 19.6 Å². The van der Waals surface area contributed by atoms with Crippen molar-refractivity contribution in [3.05, 3.63) is 129 Å². The number of methoxy groups -OCH3 is 1. The van der Waals surface area contributed by atoms with Gasteiger partial charge in [-0.1, -0.05) is 54.6 Å². The molecule has 1 unspecified atom stereocenters. The maximum absolute atomic E-state index is 13.7. The molecule has 7 nitrogen and oxygen atoms in total. The van der Waals surface area contributed by atoms with Crippen molar-refractivity contribution >= 4 is 22.7 Å². The number of rotatable bonds is 6. The molecule has 1 aliphatic heterocycles. The molecule has 5 aromatic rings. The zero-order chi connectivity index (χ0) is 26.2. The van der Waals surface area contributed by atoms with Gasteiger partial charge >= 0.3 is 0 Å². The van der Waals surface area contributed by atoms with Crippen LogP contribution in [0.3, 0.4) is 0 Å². The summed E-state index contributed by atoms with van der Waals surface area (Å²) in [5, 5.41) is 0.414. The second-order valence-electron chi connectivity index (χ2n) is 9.13. The molecule has 0 aliphatic carbocycles. The highest BCUT2D eigenvalue weighted by Gasteiger charge is 2.44. The first-order valence-electron chi connectivity index (χ1n) is 12.2. The normalized spacial score (nSPS) is 14.5. The molecule has 188 valence electrons. The molecule has 1 atom stereocenters. The monoisotopic (exact) mass is 504 g/mol. The molecule has 0 saturated carbocycles. The molecule has 7 heteroatoms. The molecule has 3 aromatic carbocycles. The first-order valence-corrected chi connectivity index (χ1v) is 12.2. The van der Waals surface area contributed by atoms with Gasteiger partial charge in [0, 0.05) is 6.20 Å². The predicted octanol–water partition coefficient (Wildman–Crippen LogP) is 5.83. The highest BCUT2D eigenvalue weighted by Crippen LogP contribution is 2.42. The molecule has 0 N–H and O–H groups in total. The number of carbonyl (C=O) groups excluding carboxylic acids is 1. The maximum atomic E-state index is 13.7. The summed E-state index contributed by atoms with van der Waals surface area (Å²) in [7, 11) is 1.56. The van der Waals surface area contributed by atoms with Crippen molar-refractivity contribution < 1.29 is 18.7 Å². The van der Waals surface area contributed by atoms with E-state index in [-0.39, 0.29) is 16.8 Å². The van der Waals surface area contributed by atoms with Crippen LogP contribution in [0.5, 0.6) is 11.5 Å². The molecule has 2 aromatic heterocycles. The van der Waals surface area contributed by atoms with E-state index in [2.05, 4.69) is 4.98 Å². The number of aryl methyl sites for hydroxylation is 1. The Bertz CT molecular complexity index is 1710. The third-order valence-corrected chi connectivity index (χ3v) is 6.66. The second kappa shape index (κ2) is 9.52. The number of ether oxygens (including phenoxy) is 2. The Labute approximate surface area is 218 Å². The standard InChI is InChI=1S/C31H24N2O5/c1-19-12-15-26(32-17-19)33-28(27-29(34)22-10-6-7-11-23(22)38-30(27)31(33)35)21-13-14-24(25(16-21)36-2)37-18-20-8-4-3-5-9-20/h3-17,28H,18H2,1-2H3. The van der Waals surface area contributed by atoms with Crippen molar-refractivity contribution in [2.24, 2.45) is 0 Å². The Hall–Kier alpha value is -4.91. The molecule has 3 heterocycles. The number of hydrogen-bond donors (Lipinski definition) is 0. The van der Waals surface area contributed by atoms with Gasteiger partial charge in [-0.25, -0.2) is 4.98 Å². The molecule has 0 bridgehead atoms. The van der Waals surface area contributed by atoms with Gasteiger partial charge in [-0.05, 0) is 53.9 Å². The van der Waals surface area contributed by atoms with E-state index in [1.807, 2.05) is 49.4 Å². The van der Waals surface area contributed by atoms with Crippen LogP contribution in [0.2, 0.25) is 0 Å². The van der Waals surface area contributed by atoms with E-state index in [0.717, 1.165) is 11.1 Å². The van der Waals surface area contributed by atoms with Crippen LogP contribution in [0.1, 0.15) is 38.9 Å². The van der Waals surface area contributed by atoms with Gasteiger partial charge in [-0.15, -0.1) is 0 Å². The summed E-state index contributed by atoms with van der Waals surface area (Å²) < 4.78 is 17.7. The summed E-state index contributed by atoms with van der Waals surface area (Å²) in [6.45, 7) is 2.29. The van der Waals surface area contributed by atoms with Crippen molar-refractivity contribution in [3.63, 3.8) is 0 Å². The number of anilines is 1. The first-order chi connectivity index (χ1) is 18.5. The summed E-state index contributed by atoms with van der Waals surface area (Å²) in [6.07, 6.45) is 1.69. The summed E-state index contributed by atoms with van der Waals surface area (Å²) in [5.41, 5.74) is 3.04. The van der Waals surface area contributed by atoms with Gasteiger partial charge in [-0.2, -0.15) is 0 Å². The number of aromatic nitrogens is 1. The number of fused-ring (bicyclic) bond motifs is 2. The molecule has 0 saturated heterocycles. The number of amides is 1. The zero-order valence-corrected chi connectivity index (χ0v) is 20.9. The van der Waals surface area contributed by atoms with E-state index in [9.17, 15) is 9.59 Å². The van der Waals surface area contributed by atoms with Crippen molar-refractivity contribution in [2.75, 3.05) is 12.0 Å². The zero-order valence-electron chi connectivity index (χ0n) is 20.9. The second-order valence-corrected chi connectivity index (χ2v) is 9.13. The Balaban J connectivity index is 1.48. The van der Waals surface area contributed by atoms with Crippen LogP contribution in [-0.4, -0.2) is 18.0 Å². The van der Waals surface area contributed by atoms with Crippen LogP contribution in [0.25, 0.3) is 11.0 Å². The lowest BCUT2D eigenvalue weighted by Crippen LogP contribution is -2.30. The van der Waals surface area contributed by atoms with E-state index in [1.54, 1.807) is 55.8 Å². The quantitative estimate of drug-likeness (QED) is 0.289. The lowest BCUT2D eigenvalue weighted by atomic mass is 9.98. The molecule has 1 aliphatic rings. The van der Waals surface area contributed by atoms with E-state index >= 15 is 0 Å². The number of carbonyl (C=O) groups is 1. The lowest BCUT2D eigenvalue weighted by Gasteiger charge is -2.25. The van der Waals surface area contributed by atoms with E-state index < -0.39 is 11.9 Å². The van der Waals surface area contributed by atoms with Gasteiger partial charge in [0.2, 0.25) is 5.76 Å². The van der Waals surface area contributed by atoms with Crippen molar-refractivity contribution in [1.82, 2.24) is 4.98 Å². The van der Waals surface area contributed by atoms with Crippen LogP contribution in [0.15, 0.2) is 100 Å². The molecule has 0 fully saturated rings. The van der Waals surface area contributed by atoms with Crippen LogP contribution in [0, 0.1) is 6.92 Å². The molecule has 0 spiro atoms. The van der Waals surface area contributed by atoms with Crippen LogP contribution >= 0.6 is 0 Å². The molecular formula is C31H24N2O5. The van der Waals surface area contributed by atoms with Gasteiger partial charge in [0.05, 0.1) is 24.1 Å². The van der Waals surface area contributed by atoms with E-state index in [4.69, 9.17) is 13.9 Å². The van der Waals surface area contributed by atoms with Gasteiger partial charge < -0.3 is 13.9 Å². The van der Waals surface area contributed by atoms with Crippen LogP contribution < -0.4 is 19.8 Å². The largest absolute Gasteiger partial charge is 0.493 e. The predicted molar refractivity (Wildman–Crippen MR) is 144 cm³/mol. The summed E-state index contributed by atoms with van der Waals surface area (Å²) in [4.78, 5) is 33.5. The molecule has 0 radical (unpaired) electrons. The van der Waals surface area contributed by atoms with E-state index in [0.29, 0.717) is 40.5 Å². The highest BCUT2D eigenvalue weighted by atomic mass is 16.5. The molecule has 38 heavy (non-hydrogen) atoms. The smallest absolute Gasteiger partial charge is 0.296 e. The number of para-hydroxylation sites is 1. The maximum Gasteiger partial charge on any atom is 0.296 e. The minimum atomic E-state index is -0.759. The number of nitrogens with zero attached hydrogens (tertiary/aromatic N) is 2. The van der Waals surface area contributed by atoms with Crippen molar-refractivity contribution in [3.8, 4) is 11.5 Å². The van der Waals surface area contributed by atoms with Gasteiger partial charge in [-0.3, -0.25) is 14.5 Å². The van der Waals surface area contributed by atoms with Gasteiger partial charge in [0.1, 0.15) is 18.0 Å². The number of hydrogen-bond acceptors (Lipinski definition) is 6. The minimum Gasteiger partial charge on any atom is -0.493 e. The molecule has 6 rings (SSSR count). The van der Waals surface area contributed by atoms with Crippen LogP contribution in [-0.2, 0) is 6.61 Å². The number of pyridine rings is 1. The fourth-order valence-electron chi connectivity index (χ4n) is 4.78. The Morgan fingerprint density at radius 3 is 2.47 bits per heavy atom. The first kappa shape index (κ1) is 23.5. The molecular weight excluding hydrogens is 480 g/mol. The third-order valence-electron chi connectivity index (χ3n) is 6.66. The van der Waals surface area contributed by atoms with Gasteiger partial charge in [0.15, 0.2) is 16.9 Å². The lowest BCUT2D eigenvalue weighted by molar-refractivity contribution is 0.0970. The average molecular weight is 505 g/mol. The minimum absolute atomic E-state index is 0.0180. The van der Waals surface area contributed by atoms with Crippen molar-refractivity contribution in [1.29, 1.82) is 0 Å². The number of benzene rings is 3. The topological polar surface area (TPSA) is 81.9 Å². The third kappa shape index (κ3) is 3.98. The summed E-state index contributed by atoms with van der Waals surface area (Å²) in [6, 6.07) is 25.1. The van der Waals surface area contributed by atoms with Gasteiger partial charge in [0.25, 0.3) is 5.91 Å².